The standard InChI is InChI=1S/C23H28N4O5/c1-14-8-18(32-26-14)17-12-24-25-22(17)16-6-5-7-27(13-16)21(28)11-15-9-19(29-2)23(31-4)20(10-15)30-3/h8-10,12,16H,5-7,11,13H2,1-4H3,(H,24,25)/t16-/m1/s1. The number of amides is 1. The highest BCUT2D eigenvalue weighted by Crippen LogP contribution is 2.39. The van der Waals surface area contributed by atoms with E-state index in [-0.39, 0.29) is 18.2 Å². The third-order valence-corrected chi connectivity index (χ3v) is 5.82. The molecule has 0 bridgehead atoms. The van der Waals surface area contributed by atoms with Crippen molar-refractivity contribution in [3.05, 3.63) is 41.3 Å². The van der Waals surface area contributed by atoms with Gasteiger partial charge in [0.1, 0.15) is 0 Å². The summed E-state index contributed by atoms with van der Waals surface area (Å²) in [7, 11) is 4.69. The molecule has 0 unspecified atom stereocenters. The molecule has 4 rings (SSSR count). The zero-order valence-corrected chi connectivity index (χ0v) is 18.8. The van der Waals surface area contributed by atoms with Gasteiger partial charge in [-0.25, -0.2) is 0 Å². The predicted octanol–water partition coefficient (Wildman–Crippen LogP) is 3.35. The summed E-state index contributed by atoms with van der Waals surface area (Å²) in [5, 5.41) is 11.3. The number of hydrogen-bond acceptors (Lipinski definition) is 7. The second-order valence-electron chi connectivity index (χ2n) is 7.92. The Kier molecular flexibility index (Phi) is 6.34. The molecule has 3 heterocycles. The Morgan fingerprint density at radius 1 is 1.19 bits per heavy atom. The van der Waals surface area contributed by atoms with Gasteiger partial charge in [0.15, 0.2) is 17.3 Å². The van der Waals surface area contributed by atoms with Gasteiger partial charge < -0.3 is 23.6 Å². The van der Waals surface area contributed by atoms with Gasteiger partial charge in [0, 0.05) is 25.1 Å². The number of benzene rings is 1. The summed E-state index contributed by atoms with van der Waals surface area (Å²) in [6, 6.07) is 5.53. The van der Waals surface area contributed by atoms with Crippen LogP contribution in [0, 0.1) is 6.92 Å². The molecule has 0 radical (unpaired) electrons. The fourth-order valence-corrected chi connectivity index (χ4v) is 4.26. The summed E-state index contributed by atoms with van der Waals surface area (Å²) >= 11 is 0. The van der Waals surface area contributed by atoms with Crippen LogP contribution in [0.4, 0.5) is 0 Å². The monoisotopic (exact) mass is 440 g/mol. The Labute approximate surface area is 186 Å². The van der Waals surface area contributed by atoms with Gasteiger partial charge in [0.05, 0.1) is 50.9 Å². The van der Waals surface area contributed by atoms with E-state index in [0.717, 1.165) is 41.9 Å². The molecule has 1 aliphatic heterocycles. The lowest BCUT2D eigenvalue weighted by atomic mass is 9.91. The van der Waals surface area contributed by atoms with Crippen molar-refractivity contribution in [1.82, 2.24) is 20.3 Å². The van der Waals surface area contributed by atoms with E-state index in [1.54, 1.807) is 27.5 Å². The van der Waals surface area contributed by atoms with Gasteiger partial charge >= 0.3 is 0 Å². The minimum absolute atomic E-state index is 0.0561. The van der Waals surface area contributed by atoms with E-state index in [4.69, 9.17) is 18.7 Å². The molecule has 9 nitrogen and oxygen atoms in total. The number of piperidine rings is 1. The first-order valence-corrected chi connectivity index (χ1v) is 10.6. The van der Waals surface area contributed by atoms with Crippen LogP contribution in [0.5, 0.6) is 17.2 Å². The van der Waals surface area contributed by atoms with E-state index in [1.807, 2.05) is 30.0 Å². The molecule has 0 saturated carbocycles. The Hall–Kier alpha value is -3.49. The van der Waals surface area contributed by atoms with Crippen molar-refractivity contribution in [1.29, 1.82) is 0 Å². The van der Waals surface area contributed by atoms with Crippen LogP contribution in [0.25, 0.3) is 11.3 Å². The fourth-order valence-electron chi connectivity index (χ4n) is 4.26. The number of carbonyl (C=O) groups is 1. The second kappa shape index (κ2) is 9.33. The Morgan fingerprint density at radius 3 is 2.56 bits per heavy atom. The fraction of sp³-hybridized carbons (Fsp3) is 0.435. The summed E-state index contributed by atoms with van der Waals surface area (Å²) in [6.07, 6.45) is 3.89. The van der Waals surface area contributed by atoms with E-state index >= 15 is 0 Å². The first-order valence-electron chi connectivity index (χ1n) is 10.6. The van der Waals surface area contributed by atoms with E-state index in [1.165, 1.54) is 0 Å². The number of likely N-dealkylation sites (tertiary alicyclic amines) is 1. The summed E-state index contributed by atoms with van der Waals surface area (Å²) in [5.41, 5.74) is 3.50. The number of hydrogen-bond donors (Lipinski definition) is 1. The van der Waals surface area contributed by atoms with Crippen LogP contribution in [0.3, 0.4) is 0 Å². The number of aromatic nitrogens is 3. The van der Waals surface area contributed by atoms with E-state index in [9.17, 15) is 4.79 Å². The summed E-state index contributed by atoms with van der Waals surface area (Å²) in [5.74, 6) is 2.48. The second-order valence-corrected chi connectivity index (χ2v) is 7.92. The van der Waals surface area contributed by atoms with E-state index < -0.39 is 0 Å². The zero-order chi connectivity index (χ0) is 22.7. The van der Waals surface area contributed by atoms with Crippen molar-refractivity contribution in [3.63, 3.8) is 0 Å². The maximum Gasteiger partial charge on any atom is 0.227 e. The minimum Gasteiger partial charge on any atom is -0.493 e. The van der Waals surface area contributed by atoms with Gasteiger partial charge in [-0.05, 0) is 37.5 Å². The maximum absolute atomic E-state index is 13.2. The summed E-state index contributed by atoms with van der Waals surface area (Å²) in [4.78, 5) is 15.1. The Morgan fingerprint density at radius 2 is 1.94 bits per heavy atom. The van der Waals surface area contributed by atoms with Crippen LogP contribution < -0.4 is 14.2 Å². The van der Waals surface area contributed by atoms with Gasteiger partial charge in [0.2, 0.25) is 11.7 Å². The quantitative estimate of drug-likeness (QED) is 0.601. The molecule has 170 valence electrons. The SMILES string of the molecule is COc1cc(CC(=O)N2CCC[C@@H](c3[nH]ncc3-c3cc(C)no3)C2)cc(OC)c1OC. The average Bonchev–Trinajstić information content (AvgIpc) is 3.47. The Bertz CT molecular complexity index is 1060. The number of carbonyl (C=O) groups excluding carboxylic acids is 1. The van der Waals surface area contributed by atoms with Crippen molar-refractivity contribution in [3.8, 4) is 28.6 Å². The van der Waals surface area contributed by atoms with Gasteiger partial charge in [-0.3, -0.25) is 9.89 Å². The van der Waals surface area contributed by atoms with Crippen LogP contribution in [-0.2, 0) is 11.2 Å². The Balaban J connectivity index is 1.50. The van der Waals surface area contributed by atoms with Gasteiger partial charge in [-0.2, -0.15) is 5.10 Å². The lowest BCUT2D eigenvalue weighted by Gasteiger charge is -2.32. The van der Waals surface area contributed by atoms with Crippen molar-refractivity contribution >= 4 is 5.91 Å². The number of aryl methyl sites for hydroxylation is 1. The lowest BCUT2D eigenvalue weighted by molar-refractivity contribution is -0.131. The van der Waals surface area contributed by atoms with Crippen LogP contribution in [0.15, 0.2) is 28.9 Å². The van der Waals surface area contributed by atoms with Crippen LogP contribution in [0.2, 0.25) is 0 Å². The highest BCUT2D eigenvalue weighted by molar-refractivity contribution is 5.79. The smallest absolute Gasteiger partial charge is 0.227 e. The highest BCUT2D eigenvalue weighted by Gasteiger charge is 2.29. The lowest BCUT2D eigenvalue weighted by Crippen LogP contribution is -2.40. The van der Waals surface area contributed by atoms with Crippen molar-refractivity contribution in [2.45, 2.75) is 32.1 Å². The molecule has 9 heteroatoms. The molecule has 32 heavy (non-hydrogen) atoms. The number of H-pyrrole nitrogens is 1. The third-order valence-electron chi connectivity index (χ3n) is 5.82. The van der Waals surface area contributed by atoms with Gasteiger partial charge in [-0.15, -0.1) is 0 Å². The molecular formula is C23H28N4O5. The molecule has 0 spiro atoms. The normalized spacial score (nSPS) is 16.1. The maximum atomic E-state index is 13.2. The van der Waals surface area contributed by atoms with Crippen LogP contribution >= 0.6 is 0 Å². The topological polar surface area (TPSA) is 103 Å². The first-order chi connectivity index (χ1) is 15.5. The number of nitrogens with zero attached hydrogens (tertiary/aromatic N) is 3. The predicted molar refractivity (Wildman–Crippen MR) is 117 cm³/mol. The molecule has 1 N–H and O–H groups in total. The summed E-state index contributed by atoms with van der Waals surface area (Å²) in [6.45, 7) is 3.23. The van der Waals surface area contributed by atoms with Gasteiger partial charge in [0.25, 0.3) is 0 Å². The molecule has 1 aromatic carbocycles. The van der Waals surface area contributed by atoms with Gasteiger partial charge in [-0.1, -0.05) is 5.16 Å². The molecule has 1 saturated heterocycles. The molecule has 1 atom stereocenters. The third kappa shape index (κ3) is 4.28. The zero-order valence-electron chi connectivity index (χ0n) is 18.8. The first kappa shape index (κ1) is 21.7. The molecule has 3 aromatic rings. The molecule has 1 fully saturated rings. The molecule has 1 aliphatic rings. The van der Waals surface area contributed by atoms with E-state index in [0.29, 0.717) is 29.6 Å². The summed E-state index contributed by atoms with van der Waals surface area (Å²) < 4.78 is 21.6. The van der Waals surface area contributed by atoms with E-state index in [2.05, 4.69) is 15.4 Å². The average molecular weight is 441 g/mol. The number of ether oxygens (including phenoxy) is 3. The molecule has 0 aliphatic carbocycles. The minimum atomic E-state index is 0.0561. The number of aromatic amines is 1. The number of methoxy groups -OCH3 is 3. The van der Waals surface area contributed by atoms with Crippen LogP contribution in [-0.4, -0.2) is 60.6 Å². The number of rotatable bonds is 7. The largest absolute Gasteiger partial charge is 0.493 e. The highest BCUT2D eigenvalue weighted by atomic mass is 16.5. The molecule has 1 amide bonds. The molecule has 2 aromatic heterocycles. The van der Waals surface area contributed by atoms with Crippen molar-refractivity contribution < 1.29 is 23.5 Å². The van der Waals surface area contributed by atoms with Crippen molar-refractivity contribution in [2.75, 3.05) is 34.4 Å². The molecular weight excluding hydrogens is 412 g/mol. The van der Waals surface area contributed by atoms with Crippen molar-refractivity contribution in [2.24, 2.45) is 0 Å². The number of nitrogens with one attached hydrogen (secondary N) is 1. The van der Waals surface area contributed by atoms with Crippen LogP contribution in [0.1, 0.15) is 35.7 Å².